The van der Waals surface area contributed by atoms with Crippen LogP contribution in [0.3, 0.4) is 0 Å². The maximum absolute atomic E-state index is 13.6. The Labute approximate surface area is 137 Å². The van der Waals surface area contributed by atoms with Crippen molar-refractivity contribution in [2.24, 2.45) is 0 Å². The Bertz CT molecular complexity index is 854. The fourth-order valence-electron chi connectivity index (χ4n) is 2.27. The molecule has 24 heavy (non-hydrogen) atoms. The van der Waals surface area contributed by atoms with E-state index in [1.165, 1.54) is 6.07 Å². The number of aryl methyl sites for hydroxylation is 1. The van der Waals surface area contributed by atoms with Gasteiger partial charge in [0.2, 0.25) is 0 Å². The lowest BCUT2D eigenvalue weighted by Gasteiger charge is -2.08. The molecule has 1 amide bonds. The first-order valence-electron chi connectivity index (χ1n) is 7.23. The summed E-state index contributed by atoms with van der Waals surface area (Å²) in [5, 5.41) is 2.48. The molecule has 0 fully saturated rings. The number of hydrogen-bond donors (Lipinski definition) is 1. The van der Waals surface area contributed by atoms with Crippen LogP contribution in [0.15, 0.2) is 48.9 Å². The Kier molecular flexibility index (Phi) is 4.33. The number of hydrogen-bond acceptors (Lipinski definition) is 3. The Balaban J connectivity index is 1.69. The standard InChI is InChI=1S/C17H14F2N4O/c1-11-20-7-8-23(11)15-6-5-12(9-21-15)10-22-17(24)16-13(18)3-2-4-14(16)19/h2-9H,10H2,1H3,(H,22,24). The molecule has 0 saturated heterocycles. The molecule has 5 nitrogen and oxygen atoms in total. The molecule has 0 aliphatic rings. The topological polar surface area (TPSA) is 59.8 Å². The van der Waals surface area contributed by atoms with E-state index in [2.05, 4.69) is 15.3 Å². The normalized spacial score (nSPS) is 10.6. The highest BCUT2D eigenvalue weighted by Crippen LogP contribution is 2.12. The van der Waals surface area contributed by atoms with Crippen LogP contribution >= 0.6 is 0 Å². The molecule has 1 aromatic carbocycles. The Hall–Kier alpha value is -3.09. The van der Waals surface area contributed by atoms with Crippen LogP contribution in [0.5, 0.6) is 0 Å². The van der Waals surface area contributed by atoms with Crippen molar-refractivity contribution in [3.8, 4) is 5.82 Å². The summed E-state index contributed by atoms with van der Waals surface area (Å²) in [5.74, 6) is -1.09. The molecule has 7 heteroatoms. The van der Waals surface area contributed by atoms with Gasteiger partial charge in [0.15, 0.2) is 0 Å². The summed E-state index contributed by atoms with van der Waals surface area (Å²) >= 11 is 0. The van der Waals surface area contributed by atoms with Crippen LogP contribution < -0.4 is 5.32 Å². The minimum absolute atomic E-state index is 0.114. The fraction of sp³-hybridized carbons (Fsp3) is 0.118. The van der Waals surface area contributed by atoms with E-state index in [1.54, 1.807) is 30.7 Å². The van der Waals surface area contributed by atoms with Crippen molar-refractivity contribution in [2.75, 3.05) is 0 Å². The van der Waals surface area contributed by atoms with Gasteiger partial charge in [0.1, 0.15) is 28.8 Å². The third kappa shape index (κ3) is 3.15. The summed E-state index contributed by atoms with van der Waals surface area (Å²) in [6.07, 6.45) is 5.06. The third-order valence-electron chi connectivity index (χ3n) is 3.52. The molecule has 3 rings (SSSR count). The summed E-state index contributed by atoms with van der Waals surface area (Å²) in [7, 11) is 0. The number of rotatable bonds is 4. The maximum Gasteiger partial charge on any atom is 0.257 e. The first kappa shape index (κ1) is 15.8. The lowest BCUT2D eigenvalue weighted by molar-refractivity contribution is 0.0942. The molecule has 0 aliphatic carbocycles. The number of imidazole rings is 1. The molecule has 2 heterocycles. The van der Waals surface area contributed by atoms with Crippen LogP contribution in [0.4, 0.5) is 8.78 Å². The van der Waals surface area contributed by atoms with Gasteiger partial charge in [-0.25, -0.2) is 18.7 Å². The number of benzene rings is 1. The SMILES string of the molecule is Cc1nccn1-c1ccc(CNC(=O)c2c(F)cccc2F)cn1. The van der Waals surface area contributed by atoms with Crippen molar-refractivity contribution < 1.29 is 13.6 Å². The van der Waals surface area contributed by atoms with Gasteiger partial charge in [0.25, 0.3) is 5.91 Å². The van der Waals surface area contributed by atoms with E-state index >= 15 is 0 Å². The van der Waals surface area contributed by atoms with Crippen molar-refractivity contribution in [1.29, 1.82) is 0 Å². The van der Waals surface area contributed by atoms with E-state index in [0.717, 1.165) is 18.0 Å². The molecule has 0 saturated carbocycles. The Morgan fingerprint density at radius 1 is 1.17 bits per heavy atom. The van der Waals surface area contributed by atoms with Gasteiger partial charge in [-0.2, -0.15) is 0 Å². The molecule has 0 aliphatic heterocycles. The van der Waals surface area contributed by atoms with E-state index in [4.69, 9.17) is 0 Å². The van der Waals surface area contributed by atoms with Gasteiger partial charge in [-0.05, 0) is 30.7 Å². The number of carbonyl (C=O) groups excluding carboxylic acids is 1. The van der Waals surface area contributed by atoms with Crippen LogP contribution in [-0.2, 0) is 6.54 Å². The summed E-state index contributed by atoms with van der Waals surface area (Å²) in [6, 6.07) is 6.85. The largest absolute Gasteiger partial charge is 0.348 e. The van der Waals surface area contributed by atoms with Gasteiger partial charge >= 0.3 is 0 Å². The van der Waals surface area contributed by atoms with Gasteiger partial charge in [0.05, 0.1) is 0 Å². The molecule has 122 valence electrons. The van der Waals surface area contributed by atoms with E-state index in [0.29, 0.717) is 11.4 Å². The molecule has 0 bridgehead atoms. The van der Waals surface area contributed by atoms with Crippen molar-refractivity contribution in [3.63, 3.8) is 0 Å². The number of aromatic nitrogens is 3. The van der Waals surface area contributed by atoms with Crippen LogP contribution in [0.1, 0.15) is 21.7 Å². The quantitative estimate of drug-likeness (QED) is 0.801. The van der Waals surface area contributed by atoms with Crippen molar-refractivity contribution >= 4 is 5.91 Å². The van der Waals surface area contributed by atoms with Gasteiger partial charge in [-0.1, -0.05) is 12.1 Å². The second-order valence-electron chi connectivity index (χ2n) is 5.15. The lowest BCUT2D eigenvalue weighted by atomic mass is 10.2. The number of nitrogens with zero attached hydrogens (tertiary/aromatic N) is 3. The average Bonchev–Trinajstić information content (AvgIpc) is 2.99. The zero-order valence-electron chi connectivity index (χ0n) is 12.8. The number of carbonyl (C=O) groups is 1. The minimum Gasteiger partial charge on any atom is -0.348 e. The van der Waals surface area contributed by atoms with Gasteiger partial charge in [-0.3, -0.25) is 9.36 Å². The summed E-state index contributed by atoms with van der Waals surface area (Å²) in [5.41, 5.74) is 0.123. The number of pyridine rings is 1. The highest BCUT2D eigenvalue weighted by Gasteiger charge is 2.16. The number of nitrogens with one attached hydrogen (secondary N) is 1. The molecule has 0 unspecified atom stereocenters. The molecule has 0 radical (unpaired) electrons. The summed E-state index contributed by atoms with van der Waals surface area (Å²) in [4.78, 5) is 20.3. The predicted octanol–water partition coefficient (Wildman–Crippen LogP) is 2.78. The summed E-state index contributed by atoms with van der Waals surface area (Å²) < 4.78 is 28.9. The second-order valence-corrected chi connectivity index (χ2v) is 5.15. The van der Waals surface area contributed by atoms with Crippen molar-refractivity contribution in [1.82, 2.24) is 19.9 Å². The summed E-state index contributed by atoms with van der Waals surface area (Å²) in [6.45, 7) is 1.97. The van der Waals surface area contributed by atoms with E-state index in [-0.39, 0.29) is 6.54 Å². The number of amides is 1. The molecule has 0 atom stereocenters. The molecular formula is C17H14F2N4O. The van der Waals surface area contributed by atoms with Crippen LogP contribution in [0.25, 0.3) is 5.82 Å². The first-order chi connectivity index (χ1) is 11.6. The van der Waals surface area contributed by atoms with Crippen LogP contribution in [0, 0.1) is 18.6 Å². The van der Waals surface area contributed by atoms with Gasteiger partial charge in [-0.15, -0.1) is 0 Å². The molecule has 2 aromatic heterocycles. The maximum atomic E-state index is 13.6. The van der Waals surface area contributed by atoms with Crippen molar-refractivity contribution in [2.45, 2.75) is 13.5 Å². The predicted molar refractivity (Wildman–Crippen MR) is 83.6 cm³/mol. The smallest absolute Gasteiger partial charge is 0.257 e. The van der Waals surface area contributed by atoms with E-state index in [9.17, 15) is 13.6 Å². The monoisotopic (exact) mass is 328 g/mol. The highest BCUT2D eigenvalue weighted by molar-refractivity contribution is 5.94. The molecule has 1 N–H and O–H groups in total. The Morgan fingerprint density at radius 3 is 2.50 bits per heavy atom. The zero-order chi connectivity index (χ0) is 17.1. The van der Waals surface area contributed by atoms with Crippen LogP contribution in [-0.4, -0.2) is 20.4 Å². The molecular weight excluding hydrogens is 314 g/mol. The molecule has 0 spiro atoms. The second kappa shape index (κ2) is 6.57. The lowest BCUT2D eigenvalue weighted by Crippen LogP contribution is -2.25. The minimum atomic E-state index is -0.892. The fourth-order valence-corrected chi connectivity index (χ4v) is 2.27. The average molecular weight is 328 g/mol. The van der Waals surface area contributed by atoms with Gasteiger partial charge < -0.3 is 5.32 Å². The van der Waals surface area contributed by atoms with Crippen LogP contribution in [0.2, 0.25) is 0 Å². The van der Waals surface area contributed by atoms with E-state index < -0.39 is 23.1 Å². The van der Waals surface area contributed by atoms with Gasteiger partial charge in [0, 0.05) is 25.1 Å². The van der Waals surface area contributed by atoms with Crippen molar-refractivity contribution in [3.05, 3.63) is 77.5 Å². The van der Waals surface area contributed by atoms with E-state index in [1.807, 2.05) is 11.5 Å². The number of halogens is 2. The molecule has 3 aromatic rings. The first-order valence-corrected chi connectivity index (χ1v) is 7.23. The Morgan fingerprint density at radius 2 is 1.92 bits per heavy atom. The highest BCUT2D eigenvalue weighted by atomic mass is 19.1. The third-order valence-corrected chi connectivity index (χ3v) is 3.52. The zero-order valence-corrected chi connectivity index (χ0v) is 12.8.